The van der Waals surface area contributed by atoms with Crippen LogP contribution in [-0.4, -0.2) is 54.1 Å². The summed E-state index contributed by atoms with van der Waals surface area (Å²) in [5.41, 5.74) is 0.274. The molecule has 1 saturated carbocycles. The Morgan fingerprint density at radius 3 is 2.61 bits per heavy atom. The van der Waals surface area contributed by atoms with Gasteiger partial charge in [-0.2, -0.15) is 0 Å². The minimum absolute atomic E-state index is 0.00647. The Balaban J connectivity index is 1.76. The highest BCUT2D eigenvalue weighted by atomic mass is 16.6. The average molecular weight is 575 g/mol. The molecule has 1 amide bonds. The average Bonchev–Trinajstić information content (AvgIpc) is 3.31. The highest BCUT2D eigenvalue weighted by Crippen LogP contribution is 2.34. The van der Waals surface area contributed by atoms with Gasteiger partial charge in [0.15, 0.2) is 5.75 Å². The van der Waals surface area contributed by atoms with Gasteiger partial charge in [0.25, 0.3) is 0 Å². The Morgan fingerprint density at radius 1 is 1.17 bits per heavy atom. The molecular formula is C31H46N2O8. The van der Waals surface area contributed by atoms with Crippen LogP contribution in [0.4, 0.5) is 5.69 Å². The van der Waals surface area contributed by atoms with Crippen molar-refractivity contribution in [1.29, 1.82) is 0 Å². The van der Waals surface area contributed by atoms with Gasteiger partial charge in [0.2, 0.25) is 5.91 Å². The molecule has 4 atom stereocenters. The summed E-state index contributed by atoms with van der Waals surface area (Å²) in [5, 5.41) is 24.2. The Labute approximate surface area is 243 Å². The van der Waals surface area contributed by atoms with Gasteiger partial charge in [0.1, 0.15) is 11.8 Å². The third-order valence-electron chi connectivity index (χ3n) is 7.71. The first-order valence-corrected chi connectivity index (χ1v) is 14.8. The second-order valence-corrected chi connectivity index (χ2v) is 10.8. The second-order valence-electron chi connectivity index (χ2n) is 10.8. The number of Topliss-reactive ketones (excluding diaryl/α,β-unsaturated/α-hetero) is 1. The van der Waals surface area contributed by atoms with Crippen LogP contribution in [0.2, 0.25) is 0 Å². The summed E-state index contributed by atoms with van der Waals surface area (Å²) in [4.78, 5) is 48.0. The van der Waals surface area contributed by atoms with E-state index in [1.165, 1.54) is 26.4 Å². The zero-order valence-corrected chi connectivity index (χ0v) is 24.6. The summed E-state index contributed by atoms with van der Waals surface area (Å²) < 4.78 is 9.84. The molecular weight excluding hydrogens is 528 g/mol. The minimum atomic E-state index is -0.968. The number of benzene rings is 1. The van der Waals surface area contributed by atoms with Crippen molar-refractivity contribution in [3.63, 3.8) is 0 Å². The molecule has 41 heavy (non-hydrogen) atoms. The standard InChI is InChI=1S/C31H46N2O8/c1-4-5-8-11-24(34)17-15-23-16-18-28(35)25(23)12-9-6-7-10-13-30(36)32-26(31(37)41-3)20-22-14-19-29(40-2)27(21-22)33(38)39/h14-15,17,19,21,23-26,34H,4-13,16,18,20H2,1-3H3,(H,32,36)/b17-15+/t23-,24+,25-,26-/m1/s1. The van der Waals surface area contributed by atoms with E-state index in [4.69, 9.17) is 9.47 Å². The minimum Gasteiger partial charge on any atom is -0.490 e. The number of esters is 1. The van der Waals surface area contributed by atoms with E-state index in [0.717, 1.165) is 57.8 Å². The Hall–Kier alpha value is -3.27. The molecule has 1 aliphatic rings. The van der Waals surface area contributed by atoms with Crippen LogP contribution in [0.1, 0.15) is 89.5 Å². The van der Waals surface area contributed by atoms with Gasteiger partial charge in [-0.1, -0.05) is 63.7 Å². The van der Waals surface area contributed by atoms with Crippen LogP contribution in [0.25, 0.3) is 0 Å². The molecule has 2 rings (SSSR count). The smallest absolute Gasteiger partial charge is 0.328 e. The number of hydrogen-bond acceptors (Lipinski definition) is 8. The van der Waals surface area contributed by atoms with Crippen LogP contribution in [0.15, 0.2) is 30.4 Å². The van der Waals surface area contributed by atoms with Crippen molar-refractivity contribution in [2.75, 3.05) is 14.2 Å². The Morgan fingerprint density at radius 2 is 1.93 bits per heavy atom. The van der Waals surface area contributed by atoms with Gasteiger partial charge >= 0.3 is 11.7 Å². The van der Waals surface area contributed by atoms with Gasteiger partial charge in [0, 0.05) is 31.2 Å². The van der Waals surface area contributed by atoms with Crippen LogP contribution >= 0.6 is 0 Å². The molecule has 0 bridgehead atoms. The number of nitro benzene ring substituents is 1. The number of allylic oxidation sites excluding steroid dienone is 1. The van der Waals surface area contributed by atoms with E-state index in [1.54, 1.807) is 6.07 Å². The molecule has 0 aromatic heterocycles. The number of nitrogens with one attached hydrogen (secondary N) is 1. The molecule has 10 heteroatoms. The number of unbranched alkanes of at least 4 members (excludes halogenated alkanes) is 5. The third kappa shape index (κ3) is 11.6. The van der Waals surface area contributed by atoms with Crippen molar-refractivity contribution in [3.05, 3.63) is 46.0 Å². The van der Waals surface area contributed by atoms with Gasteiger partial charge in [-0.05, 0) is 43.2 Å². The van der Waals surface area contributed by atoms with E-state index in [1.807, 2.05) is 12.2 Å². The maximum Gasteiger partial charge on any atom is 0.328 e. The molecule has 1 aromatic rings. The predicted octanol–water partition coefficient (Wildman–Crippen LogP) is 5.24. The number of amides is 1. The zero-order chi connectivity index (χ0) is 30.2. The molecule has 0 spiro atoms. The third-order valence-corrected chi connectivity index (χ3v) is 7.71. The zero-order valence-electron chi connectivity index (χ0n) is 24.6. The van der Waals surface area contributed by atoms with Gasteiger partial charge in [-0.25, -0.2) is 4.79 Å². The van der Waals surface area contributed by atoms with Crippen LogP contribution in [-0.2, 0) is 25.5 Å². The van der Waals surface area contributed by atoms with Crippen LogP contribution in [0.5, 0.6) is 5.75 Å². The molecule has 0 aliphatic heterocycles. The summed E-state index contributed by atoms with van der Waals surface area (Å²) in [6.07, 6.45) is 13.2. The highest BCUT2D eigenvalue weighted by molar-refractivity contribution is 5.85. The Bertz CT molecular complexity index is 1040. The summed E-state index contributed by atoms with van der Waals surface area (Å²) in [7, 11) is 2.56. The highest BCUT2D eigenvalue weighted by Gasteiger charge is 2.32. The van der Waals surface area contributed by atoms with Crippen molar-refractivity contribution < 1.29 is 33.9 Å². The monoisotopic (exact) mass is 574 g/mol. The molecule has 2 N–H and O–H groups in total. The van der Waals surface area contributed by atoms with Gasteiger partial charge in [-0.15, -0.1) is 0 Å². The molecule has 0 unspecified atom stereocenters. The molecule has 228 valence electrons. The first-order chi connectivity index (χ1) is 19.7. The number of aliphatic hydroxyl groups excluding tert-OH is 1. The van der Waals surface area contributed by atoms with E-state index in [-0.39, 0.29) is 42.0 Å². The summed E-state index contributed by atoms with van der Waals surface area (Å²) in [6, 6.07) is 3.42. The number of ether oxygens (including phenoxy) is 2. The molecule has 0 saturated heterocycles. The second kappa shape index (κ2) is 18.2. The van der Waals surface area contributed by atoms with E-state index >= 15 is 0 Å². The number of carbonyl (C=O) groups is 3. The fourth-order valence-corrected chi connectivity index (χ4v) is 5.36. The number of hydrogen-bond donors (Lipinski definition) is 2. The molecule has 0 heterocycles. The summed E-state index contributed by atoms with van der Waals surface area (Å²) in [5.74, 6) is -0.315. The summed E-state index contributed by atoms with van der Waals surface area (Å²) in [6.45, 7) is 2.13. The van der Waals surface area contributed by atoms with Gasteiger partial charge in [0.05, 0.1) is 25.2 Å². The lowest BCUT2D eigenvalue weighted by Gasteiger charge is -2.17. The maximum absolute atomic E-state index is 12.6. The largest absolute Gasteiger partial charge is 0.490 e. The van der Waals surface area contributed by atoms with Gasteiger partial charge < -0.3 is 19.9 Å². The quantitative estimate of drug-likeness (QED) is 0.0750. The number of carbonyl (C=O) groups excluding carboxylic acids is 3. The maximum atomic E-state index is 12.6. The number of aliphatic hydroxyl groups is 1. The molecule has 1 aromatic carbocycles. The fraction of sp³-hybridized carbons (Fsp3) is 0.645. The van der Waals surface area contributed by atoms with Crippen molar-refractivity contribution in [3.8, 4) is 5.75 Å². The van der Waals surface area contributed by atoms with E-state index in [2.05, 4.69) is 12.2 Å². The number of methoxy groups -OCH3 is 2. The van der Waals surface area contributed by atoms with E-state index in [0.29, 0.717) is 24.2 Å². The SMILES string of the molecule is CCCCC[C@H](O)/C=C/[C@@H]1CCC(=O)[C@@H]1CCCCCCC(=O)N[C@H](Cc1ccc(OC)c([N+](=O)[O-])c1)C(=O)OC. The van der Waals surface area contributed by atoms with Crippen LogP contribution in [0.3, 0.4) is 0 Å². The van der Waals surface area contributed by atoms with E-state index < -0.39 is 23.0 Å². The number of rotatable bonds is 19. The molecule has 10 nitrogen and oxygen atoms in total. The predicted molar refractivity (Wildman–Crippen MR) is 156 cm³/mol. The van der Waals surface area contributed by atoms with Crippen LogP contribution < -0.4 is 10.1 Å². The van der Waals surface area contributed by atoms with Gasteiger partial charge in [-0.3, -0.25) is 19.7 Å². The van der Waals surface area contributed by atoms with Crippen molar-refractivity contribution in [1.82, 2.24) is 5.32 Å². The van der Waals surface area contributed by atoms with Crippen molar-refractivity contribution in [2.24, 2.45) is 11.8 Å². The molecule has 1 fully saturated rings. The lowest BCUT2D eigenvalue weighted by atomic mass is 9.89. The lowest BCUT2D eigenvalue weighted by Crippen LogP contribution is -2.43. The topological polar surface area (TPSA) is 145 Å². The number of nitro groups is 1. The first-order valence-electron chi connectivity index (χ1n) is 14.8. The Kier molecular flexibility index (Phi) is 15.1. The number of nitrogens with zero attached hydrogens (tertiary/aromatic N) is 1. The van der Waals surface area contributed by atoms with Crippen molar-refractivity contribution >= 4 is 23.3 Å². The van der Waals surface area contributed by atoms with Crippen LogP contribution in [0, 0.1) is 22.0 Å². The number of ketones is 1. The van der Waals surface area contributed by atoms with E-state index in [9.17, 15) is 29.6 Å². The van der Waals surface area contributed by atoms with Crippen molar-refractivity contribution in [2.45, 2.75) is 103 Å². The fourth-order valence-electron chi connectivity index (χ4n) is 5.36. The molecule has 0 radical (unpaired) electrons. The first kappa shape index (κ1) is 33.9. The molecule has 1 aliphatic carbocycles. The normalized spacial score (nSPS) is 18.3. The lowest BCUT2D eigenvalue weighted by molar-refractivity contribution is -0.385. The summed E-state index contributed by atoms with van der Waals surface area (Å²) >= 11 is 0.